The van der Waals surface area contributed by atoms with Crippen molar-refractivity contribution < 1.29 is 28.7 Å². The fourth-order valence-electron chi connectivity index (χ4n) is 5.57. The Kier molecular flexibility index (Phi) is 9.14. The van der Waals surface area contributed by atoms with Gasteiger partial charge in [0.05, 0.1) is 6.04 Å². The lowest BCUT2D eigenvalue weighted by molar-refractivity contribution is -0.144. The zero-order valence-corrected chi connectivity index (χ0v) is 24.0. The summed E-state index contributed by atoms with van der Waals surface area (Å²) in [5.41, 5.74) is -1.37. The van der Waals surface area contributed by atoms with Gasteiger partial charge in [-0.05, 0) is 70.1 Å². The Bertz CT molecular complexity index is 933. The lowest BCUT2D eigenvalue weighted by atomic mass is 9.85. The van der Waals surface area contributed by atoms with E-state index in [0.717, 1.165) is 32.1 Å². The predicted octanol–water partition coefficient (Wildman–Crippen LogP) is 2.69. The van der Waals surface area contributed by atoms with Gasteiger partial charge >= 0.3 is 6.09 Å². The van der Waals surface area contributed by atoms with Crippen LogP contribution in [0.4, 0.5) is 4.79 Å². The van der Waals surface area contributed by atoms with Crippen LogP contribution >= 0.6 is 0 Å². The number of rotatable bonds is 9. The topological polar surface area (TPSA) is 134 Å². The van der Waals surface area contributed by atoms with Gasteiger partial charge in [0.2, 0.25) is 17.6 Å². The molecule has 2 saturated carbocycles. The van der Waals surface area contributed by atoms with Gasteiger partial charge in [-0.15, -0.1) is 0 Å². The van der Waals surface area contributed by atoms with Crippen LogP contribution in [0.2, 0.25) is 0 Å². The van der Waals surface area contributed by atoms with Crippen molar-refractivity contribution in [1.82, 2.24) is 20.9 Å². The average Bonchev–Trinajstić information content (AvgIpc) is 3.35. The first-order valence-corrected chi connectivity index (χ1v) is 14.1. The lowest BCUT2D eigenvalue weighted by Crippen LogP contribution is -2.60. The molecule has 38 heavy (non-hydrogen) atoms. The van der Waals surface area contributed by atoms with Crippen LogP contribution in [0.1, 0.15) is 93.4 Å². The molecule has 1 aliphatic heterocycles. The van der Waals surface area contributed by atoms with Gasteiger partial charge in [0, 0.05) is 12.6 Å². The first kappa shape index (κ1) is 29.9. The summed E-state index contributed by atoms with van der Waals surface area (Å²) in [7, 11) is 0. The van der Waals surface area contributed by atoms with E-state index >= 15 is 0 Å². The zero-order chi connectivity index (χ0) is 28.4. The molecule has 4 unspecified atom stereocenters. The van der Waals surface area contributed by atoms with Gasteiger partial charge in [-0.1, -0.05) is 40.5 Å². The van der Waals surface area contributed by atoms with E-state index in [1.807, 2.05) is 27.7 Å². The summed E-state index contributed by atoms with van der Waals surface area (Å²) in [6, 6.07) is -2.58. The Labute approximate surface area is 226 Å². The molecule has 3 N–H and O–H groups in total. The standard InChI is InChI=1S/C28H46N4O6/c1-8-10-19(21(33)24(35)29-17-13-14-17)30-23(34)20-18-12-9-11-16(18)15-32(20)25(36)22(27(2,3)4)31-26(37)38-28(5,6)7/h16-20,22H,8-15H2,1-7H3,(H,29,35)(H,30,34)(H,31,37)/t16?,18?,19?,20?,22-/m1/s1. The highest BCUT2D eigenvalue weighted by molar-refractivity contribution is 6.38. The number of ether oxygens (including phenoxy) is 1. The first-order valence-electron chi connectivity index (χ1n) is 14.1. The van der Waals surface area contributed by atoms with Gasteiger partial charge in [-0.2, -0.15) is 0 Å². The summed E-state index contributed by atoms with van der Waals surface area (Å²) in [4.78, 5) is 67.2. The molecule has 0 spiro atoms. The molecule has 4 amide bonds. The Morgan fingerprint density at radius 1 is 0.947 bits per heavy atom. The third-order valence-corrected chi connectivity index (χ3v) is 7.56. The summed E-state index contributed by atoms with van der Waals surface area (Å²) >= 11 is 0. The fraction of sp³-hybridized carbons (Fsp3) is 0.821. The molecule has 0 radical (unpaired) electrons. The largest absolute Gasteiger partial charge is 0.444 e. The molecule has 3 fully saturated rings. The highest BCUT2D eigenvalue weighted by atomic mass is 16.6. The van der Waals surface area contributed by atoms with Crippen LogP contribution in [-0.2, 0) is 23.9 Å². The molecule has 3 aliphatic rings. The predicted molar refractivity (Wildman–Crippen MR) is 142 cm³/mol. The normalized spacial score (nSPS) is 24.7. The number of carbonyl (C=O) groups excluding carboxylic acids is 5. The first-order chi connectivity index (χ1) is 17.6. The molecular weight excluding hydrogens is 488 g/mol. The maximum atomic E-state index is 14.0. The average molecular weight is 535 g/mol. The van der Waals surface area contributed by atoms with Crippen molar-refractivity contribution in [2.75, 3.05) is 6.54 Å². The summed E-state index contributed by atoms with van der Waals surface area (Å²) in [5.74, 6) is -1.93. The van der Waals surface area contributed by atoms with E-state index in [0.29, 0.717) is 19.4 Å². The van der Waals surface area contributed by atoms with Crippen LogP contribution in [0.5, 0.6) is 0 Å². The number of alkyl carbamates (subject to hydrolysis) is 1. The number of hydrogen-bond acceptors (Lipinski definition) is 6. The van der Waals surface area contributed by atoms with Crippen LogP contribution in [0.25, 0.3) is 0 Å². The quantitative estimate of drug-likeness (QED) is 0.390. The van der Waals surface area contributed by atoms with Crippen molar-refractivity contribution in [3.8, 4) is 0 Å². The second-order valence-corrected chi connectivity index (χ2v) is 13.2. The molecule has 1 saturated heterocycles. The second kappa shape index (κ2) is 11.6. The van der Waals surface area contributed by atoms with Crippen molar-refractivity contribution in [3.63, 3.8) is 0 Å². The minimum atomic E-state index is -0.943. The molecule has 214 valence electrons. The Hall–Kier alpha value is -2.65. The molecule has 0 aromatic rings. The van der Waals surface area contributed by atoms with Crippen LogP contribution in [0, 0.1) is 17.3 Å². The van der Waals surface area contributed by atoms with E-state index in [1.54, 1.807) is 25.7 Å². The Morgan fingerprint density at radius 2 is 1.61 bits per heavy atom. The third-order valence-electron chi connectivity index (χ3n) is 7.56. The Balaban J connectivity index is 1.81. The highest BCUT2D eigenvalue weighted by Crippen LogP contribution is 2.43. The van der Waals surface area contributed by atoms with Gasteiger partial charge in [-0.25, -0.2) is 4.79 Å². The molecule has 0 bridgehead atoms. The van der Waals surface area contributed by atoms with Gasteiger partial charge in [0.15, 0.2) is 0 Å². The molecule has 2 aliphatic carbocycles. The van der Waals surface area contributed by atoms with Crippen molar-refractivity contribution in [3.05, 3.63) is 0 Å². The van der Waals surface area contributed by atoms with E-state index in [-0.39, 0.29) is 23.8 Å². The number of ketones is 1. The van der Waals surface area contributed by atoms with Crippen molar-refractivity contribution in [2.24, 2.45) is 17.3 Å². The van der Waals surface area contributed by atoms with E-state index < -0.39 is 52.8 Å². The molecule has 0 aromatic carbocycles. The second-order valence-electron chi connectivity index (χ2n) is 13.2. The van der Waals surface area contributed by atoms with Gasteiger partial charge < -0.3 is 25.6 Å². The maximum Gasteiger partial charge on any atom is 0.408 e. The summed E-state index contributed by atoms with van der Waals surface area (Å²) < 4.78 is 5.41. The number of carbonyl (C=O) groups is 5. The van der Waals surface area contributed by atoms with Crippen molar-refractivity contribution in [1.29, 1.82) is 0 Å². The maximum absolute atomic E-state index is 14.0. The molecule has 1 heterocycles. The SMILES string of the molecule is CCCC(NC(=O)C1C2CCCC2CN1C(=O)[C@@H](NC(=O)OC(C)(C)C)C(C)(C)C)C(=O)C(=O)NC1CC1. The van der Waals surface area contributed by atoms with Crippen molar-refractivity contribution in [2.45, 2.75) is 123 Å². The smallest absolute Gasteiger partial charge is 0.408 e. The monoisotopic (exact) mass is 534 g/mol. The van der Waals surface area contributed by atoms with Gasteiger partial charge in [-0.3, -0.25) is 19.2 Å². The van der Waals surface area contributed by atoms with E-state index in [4.69, 9.17) is 4.74 Å². The summed E-state index contributed by atoms with van der Waals surface area (Å²) in [5, 5.41) is 8.28. The molecule has 0 aromatic heterocycles. The van der Waals surface area contributed by atoms with Gasteiger partial charge in [0.1, 0.15) is 17.7 Å². The summed E-state index contributed by atoms with van der Waals surface area (Å²) in [6.07, 6.45) is 4.67. The van der Waals surface area contributed by atoms with Crippen molar-refractivity contribution >= 4 is 29.6 Å². The molecule has 10 heteroatoms. The highest BCUT2D eigenvalue weighted by Gasteiger charge is 2.52. The summed E-state index contributed by atoms with van der Waals surface area (Å²) in [6.45, 7) is 13.1. The fourth-order valence-corrected chi connectivity index (χ4v) is 5.57. The van der Waals surface area contributed by atoms with E-state index in [9.17, 15) is 24.0 Å². The van der Waals surface area contributed by atoms with Crippen LogP contribution in [0.15, 0.2) is 0 Å². The van der Waals surface area contributed by atoms with E-state index in [2.05, 4.69) is 16.0 Å². The number of likely N-dealkylation sites (tertiary alicyclic amines) is 1. The number of Topliss-reactive ketones (excluding diaryl/α,β-unsaturated/α-hetero) is 1. The minimum Gasteiger partial charge on any atom is -0.444 e. The number of nitrogens with zero attached hydrogens (tertiary/aromatic N) is 1. The van der Waals surface area contributed by atoms with Crippen LogP contribution in [-0.4, -0.2) is 70.8 Å². The van der Waals surface area contributed by atoms with Crippen LogP contribution in [0.3, 0.4) is 0 Å². The van der Waals surface area contributed by atoms with Gasteiger partial charge in [0.25, 0.3) is 5.91 Å². The zero-order valence-electron chi connectivity index (χ0n) is 24.0. The number of hydrogen-bond donors (Lipinski definition) is 3. The lowest BCUT2D eigenvalue weighted by Gasteiger charge is -2.36. The third kappa shape index (κ3) is 7.47. The number of amides is 4. The van der Waals surface area contributed by atoms with E-state index in [1.165, 1.54) is 0 Å². The number of nitrogens with one attached hydrogen (secondary N) is 3. The minimum absolute atomic E-state index is 0.0289. The molecule has 10 nitrogen and oxygen atoms in total. The Morgan fingerprint density at radius 3 is 2.16 bits per heavy atom. The number of fused-ring (bicyclic) bond motifs is 1. The molecular formula is C28H46N4O6. The van der Waals surface area contributed by atoms with Crippen LogP contribution < -0.4 is 16.0 Å². The molecule has 5 atom stereocenters. The molecule has 3 rings (SSSR count).